The van der Waals surface area contributed by atoms with Gasteiger partial charge in [-0.05, 0) is 19.3 Å². The van der Waals surface area contributed by atoms with Crippen LogP contribution in [0.2, 0.25) is 0 Å². The van der Waals surface area contributed by atoms with Gasteiger partial charge in [0, 0.05) is 19.0 Å². The highest BCUT2D eigenvalue weighted by Crippen LogP contribution is 2.39. The summed E-state index contributed by atoms with van der Waals surface area (Å²) in [4.78, 5) is 13.3. The van der Waals surface area contributed by atoms with Crippen molar-refractivity contribution in [1.29, 1.82) is 0 Å². The van der Waals surface area contributed by atoms with Crippen molar-refractivity contribution in [2.75, 3.05) is 19.6 Å². The highest BCUT2D eigenvalue weighted by molar-refractivity contribution is 5.78. The largest absolute Gasteiger partial charge is 0.389 e. The van der Waals surface area contributed by atoms with E-state index in [1.807, 2.05) is 4.90 Å². The molecule has 2 aliphatic rings. The third-order valence-corrected chi connectivity index (χ3v) is 3.95. The average Bonchev–Trinajstić information content (AvgIpc) is 2.26. The number of likely N-dealkylation sites (tertiary alicyclic amines) is 1. The van der Waals surface area contributed by atoms with Gasteiger partial charge in [0.1, 0.15) is 0 Å². The third kappa shape index (κ3) is 2.01. The number of carbonyl (C=O) groups is 1. The number of nitrogens with two attached hydrogens (primary N) is 1. The molecule has 0 spiro atoms. The summed E-state index contributed by atoms with van der Waals surface area (Å²) in [5.74, 6) is 0.290. The summed E-state index contributed by atoms with van der Waals surface area (Å²) in [5, 5.41) is 10.4. The van der Waals surface area contributed by atoms with Gasteiger partial charge in [0.2, 0.25) is 5.91 Å². The Morgan fingerprint density at radius 2 is 2.27 bits per heavy atom. The molecule has 1 aliphatic carbocycles. The summed E-state index contributed by atoms with van der Waals surface area (Å²) in [6, 6.07) is 0. The summed E-state index contributed by atoms with van der Waals surface area (Å²) in [6.45, 7) is 1.46. The first-order chi connectivity index (χ1) is 7.15. The van der Waals surface area contributed by atoms with Crippen molar-refractivity contribution in [3.63, 3.8) is 0 Å². The number of aliphatic hydroxyl groups is 1. The Bertz CT molecular complexity index is 257. The first kappa shape index (κ1) is 10.9. The van der Waals surface area contributed by atoms with Crippen molar-refractivity contribution in [3.05, 3.63) is 0 Å². The molecule has 15 heavy (non-hydrogen) atoms. The number of nitrogens with zero attached hydrogens (tertiary/aromatic N) is 1. The van der Waals surface area contributed by atoms with Crippen LogP contribution in [0.15, 0.2) is 0 Å². The topological polar surface area (TPSA) is 66.6 Å². The van der Waals surface area contributed by atoms with Crippen molar-refractivity contribution in [2.45, 2.75) is 37.7 Å². The molecule has 0 bridgehead atoms. The van der Waals surface area contributed by atoms with Crippen molar-refractivity contribution in [3.8, 4) is 0 Å². The number of hydrogen-bond donors (Lipinski definition) is 2. The fourth-order valence-electron chi connectivity index (χ4n) is 2.93. The molecule has 1 amide bonds. The van der Waals surface area contributed by atoms with Crippen molar-refractivity contribution >= 4 is 5.91 Å². The third-order valence-electron chi connectivity index (χ3n) is 3.95. The van der Waals surface area contributed by atoms with Gasteiger partial charge in [-0.25, -0.2) is 0 Å². The Morgan fingerprint density at radius 1 is 1.47 bits per heavy atom. The van der Waals surface area contributed by atoms with E-state index in [4.69, 9.17) is 5.73 Å². The van der Waals surface area contributed by atoms with Gasteiger partial charge in [-0.3, -0.25) is 4.79 Å². The van der Waals surface area contributed by atoms with Gasteiger partial charge >= 0.3 is 0 Å². The SMILES string of the molecule is NCC(=O)N1CCC2(O)CCCCC2C1. The van der Waals surface area contributed by atoms with Crippen LogP contribution in [-0.2, 0) is 4.79 Å². The van der Waals surface area contributed by atoms with Crippen LogP contribution in [0.1, 0.15) is 32.1 Å². The molecule has 4 heteroatoms. The fourth-order valence-corrected chi connectivity index (χ4v) is 2.93. The smallest absolute Gasteiger partial charge is 0.236 e. The van der Waals surface area contributed by atoms with E-state index in [9.17, 15) is 9.90 Å². The normalized spacial score (nSPS) is 36.1. The molecule has 4 nitrogen and oxygen atoms in total. The maximum atomic E-state index is 11.5. The van der Waals surface area contributed by atoms with Gasteiger partial charge in [-0.2, -0.15) is 0 Å². The van der Waals surface area contributed by atoms with E-state index in [1.165, 1.54) is 6.42 Å². The van der Waals surface area contributed by atoms with E-state index >= 15 is 0 Å². The summed E-state index contributed by atoms with van der Waals surface area (Å²) in [5.41, 5.74) is 4.85. The van der Waals surface area contributed by atoms with Crippen LogP contribution >= 0.6 is 0 Å². The van der Waals surface area contributed by atoms with Crippen LogP contribution in [0.25, 0.3) is 0 Å². The Labute approximate surface area is 90.4 Å². The van der Waals surface area contributed by atoms with E-state index in [0.717, 1.165) is 25.7 Å². The monoisotopic (exact) mass is 212 g/mol. The van der Waals surface area contributed by atoms with Crippen molar-refractivity contribution in [2.24, 2.45) is 11.7 Å². The van der Waals surface area contributed by atoms with Crippen LogP contribution in [0.4, 0.5) is 0 Å². The molecule has 2 fully saturated rings. The minimum Gasteiger partial charge on any atom is -0.389 e. The highest BCUT2D eigenvalue weighted by Gasteiger charge is 2.43. The average molecular weight is 212 g/mol. The zero-order valence-electron chi connectivity index (χ0n) is 9.11. The van der Waals surface area contributed by atoms with Crippen LogP contribution in [-0.4, -0.2) is 41.1 Å². The second-order valence-electron chi connectivity index (χ2n) is 4.84. The molecule has 2 rings (SSSR count). The lowest BCUT2D eigenvalue weighted by Crippen LogP contribution is -2.55. The molecule has 0 aromatic heterocycles. The quantitative estimate of drug-likeness (QED) is 0.648. The molecule has 1 saturated carbocycles. The number of fused-ring (bicyclic) bond motifs is 1. The van der Waals surface area contributed by atoms with Gasteiger partial charge in [-0.15, -0.1) is 0 Å². The predicted octanol–water partition coefficient (Wildman–Crippen LogP) is 0.0987. The molecule has 2 unspecified atom stereocenters. The molecule has 0 aromatic rings. The number of amides is 1. The Hall–Kier alpha value is -0.610. The number of hydrogen-bond acceptors (Lipinski definition) is 3. The van der Waals surface area contributed by atoms with Crippen LogP contribution in [0.3, 0.4) is 0 Å². The first-order valence-corrected chi connectivity index (χ1v) is 5.86. The molecule has 1 aliphatic heterocycles. The second kappa shape index (κ2) is 4.10. The number of carbonyl (C=O) groups excluding carboxylic acids is 1. The highest BCUT2D eigenvalue weighted by atomic mass is 16.3. The van der Waals surface area contributed by atoms with Crippen molar-refractivity contribution in [1.82, 2.24) is 4.90 Å². The van der Waals surface area contributed by atoms with Gasteiger partial charge in [-0.1, -0.05) is 12.8 Å². The first-order valence-electron chi connectivity index (χ1n) is 5.86. The molecule has 86 valence electrons. The maximum Gasteiger partial charge on any atom is 0.236 e. The maximum absolute atomic E-state index is 11.5. The zero-order chi connectivity index (χ0) is 10.9. The van der Waals surface area contributed by atoms with Gasteiger partial charge in [0.25, 0.3) is 0 Å². The molecular weight excluding hydrogens is 192 g/mol. The van der Waals surface area contributed by atoms with Crippen LogP contribution in [0.5, 0.6) is 0 Å². The molecule has 2 atom stereocenters. The minimum absolute atomic E-state index is 0.0163. The second-order valence-corrected chi connectivity index (χ2v) is 4.84. The van der Waals surface area contributed by atoms with Crippen LogP contribution in [0, 0.1) is 5.92 Å². The lowest BCUT2D eigenvalue weighted by molar-refractivity contribution is -0.141. The lowest BCUT2D eigenvalue weighted by Gasteiger charge is -2.47. The minimum atomic E-state index is -0.496. The summed E-state index contributed by atoms with van der Waals surface area (Å²) in [6.07, 6.45) is 4.98. The molecule has 3 N–H and O–H groups in total. The van der Waals surface area contributed by atoms with Gasteiger partial charge < -0.3 is 15.7 Å². The number of rotatable bonds is 1. The Morgan fingerprint density at radius 3 is 3.00 bits per heavy atom. The Balaban J connectivity index is 2.02. The predicted molar refractivity (Wildman–Crippen MR) is 57.2 cm³/mol. The Kier molecular flexibility index (Phi) is 2.98. The van der Waals surface area contributed by atoms with Crippen LogP contribution < -0.4 is 5.73 Å². The standard InChI is InChI=1S/C11H20N2O2/c12-7-10(14)13-6-5-11(15)4-2-1-3-9(11)8-13/h9,15H,1-8,12H2. The summed E-state index contributed by atoms with van der Waals surface area (Å²) >= 11 is 0. The summed E-state index contributed by atoms with van der Waals surface area (Å²) in [7, 11) is 0. The van der Waals surface area contributed by atoms with Gasteiger partial charge in [0.15, 0.2) is 0 Å². The molecular formula is C11H20N2O2. The van der Waals surface area contributed by atoms with E-state index in [1.54, 1.807) is 0 Å². The van der Waals surface area contributed by atoms with E-state index in [0.29, 0.717) is 13.1 Å². The summed E-state index contributed by atoms with van der Waals surface area (Å²) < 4.78 is 0. The molecule has 1 saturated heterocycles. The van der Waals surface area contributed by atoms with E-state index in [-0.39, 0.29) is 18.4 Å². The fraction of sp³-hybridized carbons (Fsp3) is 0.909. The molecule has 0 radical (unpaired) electrons. The van der Waals surface area contributed by atoms with Gasteiger partial charge in [0.05, 0.1) is 12.1 Å². The van der Waals surface area contributed by atoms with Crippen molar-refractivity contribution < 1.29 is 9.90 Å². The van der Waals surface area contributed by atoms with E-state index in [2.05, 4.69) is 0 Å². The molecule has 1 heterocycles. The molecule has 0 aromatic carbocycles. The lowest BCUT2D eigenvalue weighted by atomic mass is 9.71. The number of piperidine rings is 1. The van der Waals surface area contributed by atoms with E-state index < -0.39 is 5.60 Å². The zero-order valence-corrected chi connectivity index (χ0v) is 9.11.